The molecule has 2 N–H and O–H groups in total. The predicted molar refractivity (Wildman–Crippen MR) is 48.4 cm³/mol. The first-order chi connectivity index (χ1) is 5.75. The van der Waals surface area contributed by atoms with Crippen molar-refractivity contribution in [3.05, 3.63) is 24.3 Å². The van der Waals surface area contributed by atoms with Crippen LogP contribution in [0.4, 0.5) is 0 Å². The van der Waals surface area contributed by atoms with Crippen LogP contribution in [-0.4, -0.2) is 9.97 Å². The van der Waals surface area contributed by atoms with E-state index in [-0.39, 0.29) is 6.04 Å². The third-order valence-corrected chi connectivity index (χ3v) is 2.20. The van der Waals surface area contributed by atoms with Crippen molar-refractivity contribution in [2.75, 3.05) is 0 Å². The molecule has 0 radical (unpaired) electrons. The Balaban J connectivity index is 2.71. The van der Waals surface area contributed by atoms with Crippen molar-refractivity contribution >= 4 is 0 Å². The molecule has 0 fully saturated rings. The van der Waals surface area contributed by atoms with E-state index in [4.69, 9.17) is 5.73 Å². The van der Waals surface area contributed by atoms with E-state index in [2.05, 4.69) is 23.8 Å². The fourth-order valence-corrected chi connectivity index (χ4v) is 1.04. The van der Waals surface area contributed by atoms with Gasteiger partial charge in [-0.3, -0.25) is 0 Å². The topological polar surface area (TPSA) is 51.8 Å². The molecule has 0 aliphatic heterocycles. The number of nitrogens with two attached hydrogens (primary N) is 1. The van der Waals surface area contributed by atoms with Crippen LogP contribution in [0.25, 0.3) is 0 Å². The Kier molecular flexibility index (Phi) is 3.17. The number of hydrogen-bond donors (Lipinski definition) is 1. The van der Waals surface area contributed by atoms with Gasteiger partial charge in [0.2, 0.25) is 0 Å². The summed E-state index contributed by atoms with van der Waals surface area (Å²) in [5, 5.41) is 0. The van der Waals surface area contributed by atoms with Gasteiger partial charge >= 0.3 is 0 Å². The van der Waals surface area contributed by atoms with E-state index in [9.17, 15) is 0 Å². The molecule has 0 bridgehead atoms. The van der Waals surface area contributed by atoms with Crippen LogP contribution >= 0.6 is 0 Å². The minimum Gasteiger partial charge on any atom is -0.322 e. The lowest BCUT2D eigenvalue weighted by atomic mass is 9.97. The summed E-state index contributed by atoms with van der Waals surface area (Å²) in [6.45, 7) is 4.26. The Hall–Kier alpha value is -0.960. The second-order valence-electron chi connectivity index (χ2n) is 3.05. The van der Waals surface area contributed by atoms with Crippen LogP contribution in [0.2, 0.25) is 0 Å². The molecule has 2 atom stereocenters. The summed E-state index contributed by atoms with van der Waals surface area (Å²) in [7, 11) is 0. The lowest BCUT2D eigenvalue weighted by molar-refractivity contribution is 0.448. The molecule has 3 heteroatoms. The first-order valence-electron chi connectivity index (χ1n) is 4.27. The molecule has 0 saturated heterocycles. The summed E-state index contributed by atoms with van der Waals surface area (Å²) in [4.78, 5) is 7.96. The van der Waals surface area contributed by atoms with Gasteiger partial charge in [-0.1, -0.05) is 20.3 Å². The molecule has 0 aliphatic carbocycles. The highest BCUT2D eigenvalue weighted by atomic mass is 14.8. The zero-order valence-corrected chi connectivity index (χ0v) is 7.57. The Morgan fingerprint density at radius 1 is 1.58 bits per heavy atom. The number of nitrogens with zero attached hydrogens (tertiary/aromatic N) is 2. The van der Waals surface area contributed by atoms with Crippen LogP contribution in [-0.2, 0) is 0 Å². The molecule has 3 nitrogen and oxygen atoms in total. The maximum absolute atomic E-state index is 5.96. The maximum Gasteiger partial charge on any atom is 0.115 e. The molecule has 66 valence electrons. The van der Waals surface area contributed by atoms with Crippen LogP contribution in [0.1, 0.15) is 32.0 Å². The van der Waals surface area contributed by atoms with Crippen molar-refractivity contribution in [3.63, 3.8) is 0 Å². The molecule has 12 heavy (non-hydrogen) atoms. The van der Waals surface area contributed by atoms with Crippen molar-refractivity contribution in [3.8, 4) is 0 Å². The first kappa shape index (κ1) is 9.13. The zero-order chi connectivity index (χ0) is 8.97. The van der Waals surface area contributed by atoms with Crippen LogP contribution in [0.15, 0.2) is 18.6 Å². The van der Waals surface area contributed by atoms with E-state index in [0.717, 1.165) is 12.1 Å². The van der Waals surface area contributed by atoms with Gasteiger partial charge in [-0.2, -0.15) is 0 Å². The molecule has 0 saturated carbocycles. The molecule has 1 heterocycles. The fourth-order valence-electron chi connectivity index (χ4n) is 1.04. The highest BCUT2D eigenvalue weighted by Gasteiger charge is 2.13. The average Bonchev–Trinajstić information content (AvgIpc) is 2.17. The molecule has 0 aliphatic rings. The second-order valence-corrected chi connectivity index (χ2v) is 3.05. The van der Waals surface area contributed by atoms with Crippen LogP contribution in [0.5, 0.6) is 0 Å². The lowest BCUT2D eigenvalue weighted by Crippen LogP contribution is -2.19. The van der Waals surface area contributed by atoms with Gasteiger partial charge in [0.25, 0.3) is 0 Å². The van der Waals surface area contributed by atoms with Crippen LogP contribution in [0, 0.1) is 5.92 Å². The largest absolute Gasteiger partial charge is 0.322 e. The highest BCUT2D eigenvalue weighted by Crippen LogP contribution is 2.18. The molecule has 1 aromatic rings. The lowest BCUT2D eigenvalue weighted by Gasteiger charge is -2.16. The van der Waals surface area contributed by atoms with Gasteiger partial charge in [-0.05, 0) is 12.0 Å². The second kappa shape index (κ2) is 4.16. The number of aromatic nitrogens is 2. The van der Waals surface area contributed by atoms with Crippen molar-refractivity contribution in [1.82, 2.24) is 9.97 Å². The normalized spacial score (nSPS) is 15.6. The van der Waals surface area contributed by atoms with Gasteiger partial charge in [-0.25, -0.2) is 9.97 Å². The van der Waals surface area contributed by atoms with Crippen molar-refractivity contribution in [2.45, 2.75) is 26.3 Å². The monoisotopic (exact) mass is 165 g/mol. The summed E-state index contributed by atoms with van der Waals surface area (Å²) in [6.07, 6.45) is 4.34. The Morgan fingerprint density at radius 3 is 2.83 bits per heavy atom. The summed E-state index contributed by atoms with van der Waals surface area (Å²) >= 11 is 0. The first-order valence-corrected chi connectivity index (χ1v) is 4.27. The molecule has 0 aromatic carbocycles. The van der Waals surface area contributed by atoms with Crippen molar-refractivity contribution in [2.24, 2.45) is 11.7 Å². The van der Waals surface area contributed by atoms with Gasteiger partial charge in [-0.15, -0.1) is 0 Å². The molecule has 1 rings (SSSR count). The number of hydrogen-bond acceptors (Lipinski definition) is 3. The van der Waals surface area contributed by atoms with E-state index < -0.39 is 0 Å². The van der Waals surface area contributed by atoms with E-state index in [1.807, 2.05) is 6.07 Å². The molecule has 2 unspecified atom stereocenters. The summed E-state index contributed by atoms with van der Waals surface area (Å²) < 4.78 is 0. The molecule has 0 spiro atoms. The quantitative estimate of drug-likeness (QED) is 0.738. The van der Waals surface area contributed by atoms with E-state index in [1.165, 1.54) is 6.33 Å². The standard InChI is InChI=1S/C9H15N3/c1-3-7(2)9(10)8-4-5-11-6-12-8/h4-7,9H,3,10H2,1-2H3. The van der Waals surface area contributed by atoms with E-state index in [1.54, 1.807) is 6.20 Å². The average molecular weight is 165 g/mol. The zero-order valence-electron chi connectivity index (χ0n) is 7.57. The SMILES string of the molecule is CCC(C)C(N)c1ccncn1. The highest BCUT2D eigenvalue weighted by molar-refractivity contribution is 5.04. The predicted octanol–water partition coefficient (Wildman–Crippen LogP) is 1.52. The minimum absolute atomic E-state index is 0.0398. The number of rotatable bonds is 3. The van der Waals surface area contributed by atoms with Gasteiger partial charge in [0.1, 0.15) is 6.33 Å². The third-order valence-electron chi connectivity index (χ3n) is 2.20. The van der Waals surface area contributed by atoms with Crippen LogP contribution in [0.3, 0.4) is 0 Å². The van der Waals surface area contributed by atoms with E-state index >= 15 is 0 Å². The molecular formula is C9H15N3. The van der Waals surface area contributed by atoms with Gasteiger partial charge in [0.05, 0.1) is 5.69 Å². The smallest absolute Gasteiger partial charge is 0.115 e. The summed E-state index contributed by atoms with van der Waals surface area (Å²) in [5.41, 5.74) is 6.89. The van der Waals surface area contributed by atoms with E-state index in [0.29, 0.717) is 5.92 Å². The maximum atomic E-state index is 5.96. The Morgan fingerprint density at radius 2 is 2.33 bits per heavy atom. The minimum atomic E-state index is 0.0398. The summed E-state index contributed by atoms with van der Waals surface area (Å²) in [5.74, 6) is 0.472. The summed E-state index contributed by atoms with van der Waals surface area (Å²) in [6, 6.07) is 1.91. The Labute approximate surface area is 73.0 Å². The van der Waals surface area contributed by atoms with Crippen LogP contribution < -0.4 is 5.73 Å². The third kappa shape index (κ3) is 2.01. The van der Waals surface area contributed by atoms with Gasteiger partial charge < -0.3 is 5.73 Å². The van der Waals surface area contributed by atoms with Gasteiger partial charge in [0.15, 0.2) is 0 Å². The molecule has 1 aromatic heterocycles. The van der Waals surface area contributed by atoms with Crippen molar-refractivity contribution in [1.29, 1.82) is 0 Å². The Bertz CT molecular complexity index is 222. The molecular weight excluding hydrogens is 150 g/mol. The van der Waals surface area contributed by atoms with Gasteiger partial charge in [0, 0.05) is 12.2 Å². The van der Waals surface area contributed by atoms with Crippen molar-refractivity contribution < 1.29 is 0 Å². The fraction of sp³-hybridized carbons (Fsp3) is 0.556. The molecule has 0 amide bonds.